The zero-order chi connectivity index (χ0) is 20.6. The van der Waals surface area contributed by atoms with Gasteiger partial charge >= 0.3 is 0 Å². The zero-order valence-electron chi connectivity index (χ0n) is 15.9. The van der Waals surface area contributed by atoms with E-state index in [4.69, 9.17) is 39.6 Å². The van der Waals surface area contributed by atoms with Crippen LogP contribution in [0.2, 0.25) is 15.3 Å². The summed E-state index contributed by atoms with van der Waals surface area (Å²) in [6.07, 6.45) is 5.09. The fourth-order valence-corrected chi connectivity index (χ4v) is 3.20. The molecule has 29 heavy (non-hydrogen) atoms. The quantitative estimate of drug-likeness (QED) is 0.226. The van der Waals surface area contributed by atoms with E-state index in [1.807, 2.05) is 43.3 Å². The van der Waals surface area contributed by atoms with Crippen LogP contribution in [-0.2, 0) is 24.3 Å². The van der Waals surface area contributed by atoms with E-state index in [0.717, 1.165) is 35.2 Å². The zero-order valence-corrected chi connectivity index (χ0v) is 18.1. The molecule has 0 radical (unpaired) electrons. The highest BCUT2D eigenvalue weighted by Crippen LogP contribution is 2.19. The van der Waals surface area contributed by atoms with Gasteiger partial charge in [0.1, 0.15) is 16.9 Å². The molecule has 0 unspecified atom stereocenters. The summed E-state index contributed by atoms with van der Waals surface area (Å²) in [5.74, 6) is 0.117. The number of benzene rings is 1. The summed E-state index contributed by atoms with van der Waals surface area (Å²) in [6.45, 7) is 2.35. The Kier molecular flexibility index (Phi) is 7.87. The van der Waals surface area contributed by atoms with Gasteiger partial charge in [-0.1, -0.05) is 64.2 Å². The van der Waals surface area contributed by atoms with Crippen LogP contribution in [0.5, 0.6) is 0 Å². The van der Waals surface area contributed by atoms with Crippen molar-refractivity contribution in [3.8, 4) is 0 Å². The first-order valence-electron chi connectivity index (χ1n) is 9.11. The number of oxime groups is 1. The average molecular weight is 449 g/mol. The highest BCUT2D eigenvalue weighted by atomic mass is 35.5. The van der Waals surface area contributed by atoms with Crippen molar-refractivity contribution < 1.29 is 4.84 Å². The van der Waals surface area contributed by atoms with Gasteiger partial charge in [0.2, 0.25) is 0 Å². The summed E-state index contributed by atoms with van der Waals surface area (Å²) >= 11 is 17.7. The van der Waals surface area contributed by atoms with E-state index < -0.39 is 0 Å². The summed E-state index contributed by atoms with van der Waals surface area (Å²) in [4.78, 5) is 13.9. The Bertz CT molecular complexity index is 895. The number of rotatable bonds is 8. The maximum atomic E-state index is 5.92. The molecule has 0 aliphatic rings. The van der Waals surface area contributed by atoms with Gasteiger partial charge in [-0.25, -0.2) is 9.97 Å². The van der Waals surface area contributed by atoms with Crippen molar-refractivity contribution in [2.45, 2.75) is 26.4 Å². The van der Waals surface area contributed by atoms with Crippen LogP contribution < -0.4 is 0 Å². The van der Waals surface area contributed by atoms with Gasteiger partial charge in [0.05, 0.1) is 5.71 Å². The molecule has 0 atom stereocenters. The largest absolute Gasteiger partial charge is 0.391 e. The van der Waals surface area contributed by atoms with E-state index in [0.29, 0.717) is 21.9 Å². The molecule has 7 heteroatoms. The van der Waals surface area contributed by atoms with Gasteiger partial charge in [-0.05, 0) is 60.7 Å². The van der Waals surface area contributed by atoms with Crippen LogP contribution in [0.3, 0.4) is 0 Å². The summed E-state index contributed by atoms with van der Waals surface area (Å²) in [5, 5.41) is 6.01. The van der Waals surface area contributed by atoms with Gasteiger partial charge in [-0.3, -0.25) is 0 Å². The normalized spacial score (nSPS) is 11.7. The number of halogens is 3. The van der Waals surface area contributed by atoms with E-state index in [2.05, 4.69) is 15.1 Å². The molecule has 150 valence electrons. The minimum atomic E-state index is 0.117. The van der Waals surface area contributed by atoms with Crippen molar-refractivity contribution in [3.05, 3.63) is 92.9 Å². The molecule has 4 nitrogen and oxygen atoms in total. The second-order valence-corrected chi connectivity index (χ2v) is 7.93. The maximum absolute atomic E-state index is 5.92. The maximum Gasteiger partial charge on any atom is 0.142 e. The number of nitrogens with zero attached hydrogens (tertiary/aromatic N) is 3. The van der Waals surface area contributed by atoms with Crippen molar-refractivity contribution in [1.29, 1.82) is 0 Å². The Morgan fingerprint density at radius 1 is 0.828 bits per heavy atom. The topological polar surface area (TPSA) is 47.4 Å². The first kappa shape index (κ1) is 21.6. The average Bonchev–Trinajstić information content (AvgIpc) is 2.72. The first-order chi connectivity index (χ1) is 14.0. The standard InChI is InChI=1S/C22H20Cl3N3O/c1-15(28-29-14-16-2-6-20(23)7-3-16)19(10-17-4-8-21(24)26-12-17)11-18-5-9-22(25)27-13-18/h2-9,12-13,19H,10-11,14H2,1H3/b28-15-. The number of pyridine rings is 2. The first-order valence-corrected chi connectivity index (χ1v) is 10.2. The van der Waals surface area contributed by atoms with Gasteiger partial charge in [-0.2, -0.15) is 0 Å². The van der Waals surface area contributed by atoms with Gasteiger partial charge in [0.25, 0.3) is 0 Å². The smallest absolute Gasteiger partial charge is 0.142 e. The van der Waals surface area contributed by atoms with Crippen molar-refractivity contribution in [2.24, 2.45) is 11.1 Å². The van der Waals surface area contributed by atoms with Crippen molar-refractivity contribution in [3.63, 3.8) is 0 Å². The number of aromatic nitrogens is 2. The van der Waals surface area contributed by atoms with E-state index in [-0.39, 0.29) is 5.92 Å². The van der Waals surface area contributed by atoms with Gasteiger partial charge in [-0.15, -0.1) is 0 Å². The molecule has 2 aromatic heterocycles. The molecule has 1 aromatic carbocycles. The molecule has 0 aliphatic heterocycles. The van der Waals surface area contributed by atoms with Crippen LogP contribution in [-0.4, -0.2) is 15.7 Å². The molecule has 0 amide bonds. The van der Waals surface area contributed by atoms with Crippen LogP contribution in [0.25, 0.3) is 0 Å². The highest BCUT2D eigenvalue weighted by Gasteiger charge is 2.16. The van der Waals surface area contributed by atoms with Crippen molar-refractivity contribution >= 4 is 40.5 Å². The lowest BCUT2D eigenvalue weighted by Crippen LogP contribution is -2.18. The molecule has 3 rings (SSSR count). The Morgan fingerprint density at radius 2 is 1.34 bits per heavy atom. The third-order valence-electron chi connectivity index (χ3n) is 4.49. The van der Waals surface area contributed by atoms with Crippen molar-refractivity contribution in [1.82, 2.24) is 9.97 Å². The van der Waals surface area contributed by atoms with E-state index in [1.54, 1.807) is 24.5 Å². The molecule has 0 spiro atoms. The van der Waals surface area contributed by atoms with E-state index in [9.17, 15) is 0 Å². The van der Waals surface area contributed by atoms with Gasteiger partial charge in [0.15, 0.2) is 0 Å². The molecular weight excluding hydrogens is 429 g/mol. The summed E-state index contributed by atoms with van der Waals surface area (Å²) in [5.41, 5.74) is 4.05. The summed E-state index contributed by atoms with van der Waals surface area (Å²) < 4.78 is 0. The molecular formula is C22H20Cl3N3O. The monoisotopic (exact) mass is 447 g/mol. The van der Waals surface area contributed by atoms with Gasteiger partial charge in [0, 0.05) is 23.3 Å². The third kappa shape index (κ3) is 7.00. The minimum Gasteiger partial charge on any atom is -0.391 e. The Labute approximate surface area is 185 Å². The summed E-state index contributed by atoms with van der Waals surface area (Å²) in [6, 6.07) is 15.0. The molecule has 0 saturated carbocycles. The second-order valence-electron chi connectivity index (χ2n) is 6.72. The predicted molar refractivity (Wildman–Crippen MR) is 119 cm³/mol. The van der Waals surface area contributed by atoms with Crippen LogP contribution >= 0.6 is 34.8 Å². The molecule has 0 saturated heterocycles. The van der Waals surface area contributed by atoms with Gasteiger partial charge < -0.3 is 4.84 Å². The van der Waals surface area contributed by atoms with Crippen molar-refractivity contribution in [2.75, 3.05) is 0 Å². The Morgan fingerprint density at radius 3 is 1.83 bits per heavy atom. The highest BCUT2D eigenvalue weighted by molar-refractivity contribution is 6.30. The van der Waals surface area contributed by atoms with Crippen LogP contribution in [0.4, 0.5) is 0 Å². The molecule has 0 aliphatic carbocycles. The number of hydrogen-bond donors (Lipinski definition) is 0. The minimum absolute atomic E-state index is 0.117. The summed E-state index contributed by atoms with van der Waals surface area (Å²) in [7, 11) is 0. The third-order valence-corrected chi connectivity index (χ3v) is 5.18. The van der Waals surface area contributed by atoms with Crippen LogP contribution in [0, 0.1) is 5.92 Å². The van der Waals surface area contributed by atoms with E-state index in [1.165, 1.54) is 0 Å². The molecule has 0 fully saturated rings. The van der Waals surface area contributed by atoms with Crippen LogP contribution in [0.1, 0.15) is 23.6 Å². The number of hydrogen-bond acceptors (Lipinski definition) is 4. The molecule has 0 bridgehead atoms. The lowest BCUT2D eigenvalue weighted by atomic mass is 9.90. The van der Waals surface area contributed by atoms with Crippen LogP contribution in [0.15, 0.2) is 66.1 Å². The molecule has 0 N–H and O–H groups in total. The lowest BCUT2D eigenvalue weighted by Gasteiger charge is -2.17. The fraction of sp³-hybridized carbons (Fsp3) is 0.227. The lowest BCUT2D eigenvalue weighted by molar-refractivity contribution is 0.128. The second kappa shape index (κ2) is 10.6. The fourth-order valence-electron chi connectivity index (χ4n) is 2.85. The molecule has 2 heterocycles. The molecule has 3 aromatic rings. The van der Waals surface area contributed by atoms with E-state index >= 15 is 0 Å². The SMILES string of the molecule is C/C(=N/OCc1ccc(Cl)cc1)C(Cc1ccc(Cl)nc1)Cc1ccc(Cl)nc1. The Balaban J connectivity index is 1.71. The predicted octanol–water partition coefficient (Wildman–Crippen LogP) is 6.43. The Hall–Kier alpha value is -2.14.